The SMILES string of the molecule is C=CCNC(=O)C(=O)NCc1ccccc1OC. The lowest BCUT2D eigenvalue weighted by molar-refractivity contribution is -0.139. The van der Waals surface area contributed by atoms with Gasteiger partial charge in [0.1, 0.15) is 5.75 Å². The molecule has 0 aromatic heterocycles. The first-order valence-corrected chi connectivity index (χ1v) is 5.48. The summed E-state index contributed by atoms with van der Waals surface area (Å²) in [7, 11) is 1.55. The van der Waals surface area contributed by atoms with Crippen molar-refractivity contribution in [3.63, 3.8) is 0 Å². The molecule has 0 radical (unpaired) electrons. The Bertz CT molecular complexity index is 444. The molecular weight excluding hydrogens is 232 g/mol. The van der Waals surface area contributed by atoms with E-state index in [1.165, 1.54) is 6.08 Å². The van der Waals surface area contributed by atoms with Crippen LogP contribution in [0.3, 0.4) is 0 Å². The molecule has 0 spiro atoms. The Morgan fingerprint density at radius 3 is 2.61 bits per heavy atom. The van der Waals surface area contributed by atoms with Crippen LogP contribution >= 0.6 is 0 Å². The second-order valence-corrected chi connectivity index (χ2v) is 3.49. The van der Waals surface area contributed by atoms with Crippen LogP contribution in [0.25, 0.3) is 0 Å². The van der Waals surface area contributed by atoms with Crippen LogP contribution in [0.5, 0.6) is 5.75 Å². The third-order valence-electron chi connectivity index (χ3n) is 2.25. The number of carbonyl (C=O) groups is 2. The van der Waals surface area contributed by atoms with Crippen molar-refractivity contribution in [2.75, 3.05) is 13.7 Å². The van der Waals surface area contributed by atoms with Gasteiger partial charge < -0.3 is 15.4 Å². The van der Waals surface area contributed by atoms with E-state index in [2.05, 4.69) is 17.2 Å². The molecule has 0 aliphatic rings. The summed E-state index contributed by atoms with van der Waals surface area (Å²) in [5.74, 6) is -0.683. The van der Waals surface area contributed by atoms with Crippen LogP contribution in [0, 0.1) is 0 Å². The molecule has 5 nitrogen and oxygen atoms in total. The summed E-state index contributed by atoms with van der Waals surface area (Å²) in [4.78, 5) is 22.7. The molecule has 96 valence electrons. The molecule has 1 aromatic rings. The van der Waals surface area contributed by atoms with E-state index < -0.39 is 11.8 Å². The zero-order valence-corrected chi connectivity index (χ0v) is 10.2. The standard InChI is InChI=1S/C13H16N2O3/c1-3-8-14-12(16)13(17)15-9-10-6-4-5-7-11(10)18-2/h3-7H,1,8-9H2,2H3,(H,14,16)(H,15,17). The van der Waals surface area contributed by atoms with Crippen molar-refractivity contribution < 1.29 is 14.3 Å². The molecule has 0 aliphatic heterocycles. The van der Waals surface area contributed by atoms with E-state index in [4.69, 9.17) is 4.74 Å². The van der Waals surface area contributed by atoms with Crippen LogP contribution in [0.2, 0.25) is 0 Å². The minimum Gasteiger partial charge on any atom is -0.496 e. The molecule has 0 saturated carbocycles. The van der Waals surface area contributed by atoms with Gasteiger partial charge in [0.25, 0.3) is 0 Å². The quantitative estimate of drug-likeness (QED) is 0.592. The van der Waals surface area contributed by atoms with Crippen LogP contribution < -0.4 is 15.4 Å². The van der Waals surface area contributed by atoms with Gasteiger partial charge in [-0.1, -0.05) is 24.3 Å². The molecule has 0 bridgehead atoms. The zero-order chi connectivity index (χ0) is 13.4. The molecule has 0 heterocycles. The molecule has 1 aromatic carbocycles. The minimum atomic E-state index is -0.678. The predicted octanol–water partition coefficient (Wildman–Crippen LogP) is 0.614. The van der Waals surface area contributed by atoms with E-state index in [0.717, 1.165) is 5.56 Å². The van der Waals surface area contributed by atoms with Crippen molar-refractivity contribution in [2.45, 2.75) is 6.54 Å². The summed E-state index contributed by atoms with van der Waals surface area (Å²) in [5, 5.41) is 4.91. The van der Waals surface area contributed by atoms with Gasteiger partial charge in [-0.15, -0.1) is 6.58 Å². The number of hydrogen-bond donors (Lipinski definition) is 2. The van der Waals surface area contributed by atoms with Gasteiger partial charge >= 0.3 is 11.8 Å². The number of methoxy groups -OCH3 is 1. The maximum Gasteiger partial charge on any atom is 0.309 e. The Morgan fingerprint density at radius 2 is 1.94 bits per heavy atom. The summed E-state index contributed by atoms with van der Waals surface area (Å²) in [6.45, 7) is 3.95. The van der Waals surface area contributed by atoms with E-state index in [-0.39, 0.29) is 13.1 Å². The average Bonchev–Trinajstić information content (AvgIpc) is 2.42. The molecular formula is C13H16N2O3. The number of para-hydroxylation sites is 1. The maximum atomic E-state index is 11.4. The van der Waals surface area contributed by atoms with Crippen molar-refractivity contribution in [1.29, 1.82) is 0 Å². The van der Waals surface area contributed by atoms with Gasteiger partial charge in [-0.3, -0.25) is 9.59 Å². The van der Waals surface area contributed by atoms with Gasteiger partial charge in [-0.2, -0.15) is 0 Å². The monoisotopic (exact) mass is 248 g/mol. The molecule has 2 N–H and O–H groups in total. The van der Waals surface area contributed by atoms with Crippen molar-refractivity contribution in [1.82, 2.24) is 10.6 Å². The van der Waals surface area contributed by atoms with Crippen LogP contribution in [0.1, 0.15) is 5.56 Å². The van der Waals surface area contributed by atoms with E-state index in [0.29, 0.717) is 5.75 Å². The Labute approximate surface area is 106 Å². The van der Waals surface area contributed by atoms with Gasteiger partial charge in [0, 0.05) is 18.7 Å². The van der Waals surface area contributed by atoms with Gasteiger partial charge in [-0.05, 0) is 6.07 Å². The first-order chi connectivity index (χ1) is 8.69. The van der Waals surface area contributed by atoms with Gasteiger partial charge in [-0.25, -0.2) is 0 Å². The smallest absolute Gasteiger partial charge is 0.309 e. The predicted molar refractivity (Wildman–Crippen MR) is 68.0 cm³/mol. The van der Waals surface area contributed by atoms with Crippen LogP contribution in [-0.4, -0.2) is 25.5 Å². The zero-order valence-electron chi connectivity index (χ0n) is 10.2. The molecule has 0 saturated heterocycles. The molecule has 1 rings (SSSR count). The lowest BCUT2D eigenvalue weighted by Gasteiger charge is -2.09. The van der Waals surface area contributed by atoms with Crippen molar-refractivity contribution in [3.05, 3.63) is 42.5 Å². The highest BCUT2D eigenvalue weighted by Gasteiger charge is 2.12. The normalized spacial score (nSPS) is 9.39. The Kier molecular flexibility index (Phi) is 5.44. The van der Waals surface area contributed by atoms with Gasteiger partial charge in [0.15, 0.2) is 0 Å². The van der Waals surface area contributed by atoms with Crippen LogP contribution in [-0.2, 0) is 16.1 Å². The second-order valence-electron chi connectivity index (χ2n) is 3.49. The molecule has 18 heavy (non-hydrogen) atoms. The summed E-state index contributed by atoms with van der Waals surface area (Å²) in [5.41, 5.74) is 0.810. The number of ether oxygens (including phenoxy) is 1. The molecule has 2 amide bonds. The molecule has 0 atom stereocenters. The molecule has 5 heteroatoms. The third-order valence-corrected chi connectivity index (χ3v) is 2.25. The Balaban J connectivity index is 2.51. The summed E-state index contributed by atoms with van der Waals surface area (Å²) < 4.78 is 5.14. The fourth-order valence-corrected chi connectivity index (χ4v) is 1.35. The largest absolute Gasteiger partial charge is 0.496 e. The van der Waals surface area contributed by atoms with E-state index in [1.54, 1.807) is 13.2 Å². The molecule has 0 fully saturated rings. The molecule has 0 unspecified atom stereocenters. The Morgan fingerprint density at radius 1 is 1.28 bits per heavy atom. The lowest BCUT2D eigenvalue weighted by atomic mass is 10.2. The highest BCUT2D eigenvalue weighted by molar-refractivity contribution is 6.35. The second kappa shape index (κ2) is 7.11. The van der Waals surface area contributed by atoms with E-state index >= 15 is 0 Å². The maximum absolute atomic E-state index is 11.4. The van der Waals surface area contributed by atoms with Crippen molar-refractivity contribution in [3.8, 4) is 5.75 Å². The van der Waals surface area contributed by atoms with Gasteiger partial charge in [0.05, 0.1) is 7.11 Å². The summed E-state index contributed by atoms with van der Waals surface area (Å²) in [6.07, 6.45) is 1.51. The number of rotatable bonds is 5. The topological polar surface area (TPSA) is 67.4 Å². The van der Waals surface area contributed by atoms with Crippen molar-refractivity contribution in [2.24, 2.45) is 0 Å². The number of hydrogen-bond acceptors (Lipinski definition) is 3. The molecule has 0 aliphatic carbocycles. The number of carbonyl (C=O) groups excluding carboxylic acids is 2. The van der Waals surface area contributed by atoms with Crippen LogP contribution in [0.15, 0.2) is 36.9 Å². The summed E-state index contributed by atoms with van der Waals surface area (Å²) >= 11 is 0. The Hall–Kier alpha value is -2.30. The average molecular weight is 248 g/mol. The first kappa shape index (κ1) is 13.8. The van der Waals surface area contributed by atoms with E-state index in [9.17, 15) is 9.59 Å². The third kappa shape index (κ3) is 3.93. The number of amides is 2. The highest BCUT2D eigenvalue weighted by atomic mass is 16.5. The van der Waals surface area contributed by atoms with Crippen LogP contribution in [0.4, 0.5) is 0 Å². The van der Waals surface area contributed by atoms with Gasteiger partial charge in [0.2, 0.25) is 0 Å². The fourth-order valence-electron chi connectivity index (χ4n) is 1.35. The minimum absolute atomic E-state index is 0.240. The fraction of sp³-hybridized carbons (Fsp3) is 0.231. The lowest BCUT2D eigenvalue weighted by Crippen LogP contribution is -2.39. The summed E-state index contributed by atoms with van der Waals surface area (Å²) in [6, 6.07) is 7.28. The highest BCUT2D eigenvalue weighted by Crippen LogP contribution is 2.16. The number of nitrogens with one attached hydrogen (secondary N) is 2. The number of benzene rings is 1. The van der Waals surface area contributed by atoms with E-state index in [1.807, 2.05) is 18.2 Å². The first-order valence-electron chi connectivity index (χ1n) is 5.48. The van der Waals surface area contributed by atoms with Crippen molar-refractivity contribution >= 4 is 11.8 Å².